The fraction of sp³-hybridized carbons (Fsp3) is 0.250. The fourth-order valence-corrected chi connectivity index (χ4v) is 3.81. The van der Waals surface area contributed by atoms with Crippen molar-refractivity contribution < 1.29 is 18.6 Å². The molecule has 3 aromatic rings. The van der Waals surface area contributed by atoms with Crippen LogP contribution in [-0.2, 0) is 11.3 Å². The fourth-order valence-electron chi connectivity index (χ4n) is 3.64. The van der Waals surface area contributed by atoms with Crippen LogP contribution in [0.25, 0.3) is 11.3 Å². The summed E-state index contributed by atoms with van der Waals surface area (Å²) in [5, 5.41) is 19.2. The molecule has 11 heteroatoms. The number of aromatic nitrogens is 3. The van der Waals surface area contributed by atoms with Crippen LogP contribution < -0.4 is 10.2 Å². The molecule has 2 aromatic heterocycles. The van der Waals surface area contributed by atoms with Gasteiger partial charge in [-0.25, -0.2) is 18.8 Å². The van der Waals surface area contributed by atoms with Gasteiger partial charge in [0, 0.05) is 18.7 Å². The summed E-state index contributed by atoms with van der Waals surface area (Å²) in [6.07, 6.45) is 1.57. The quantitative estimate of drug-likeness (QED) is 0.571. The molecule has 0 unspecified atom stereocenters. The Balaban J connectivity index is 1.64. The number of pyridine rings is 1. The SMILES string of the molecule is OCc1cc(F)c(C2=Nc3c(n[nH]c3Cl)-c3cc(N4CCOCC4)ncc3N2)c(F)c1. The lowest BCUT2D eigenvalue weighted by atomic mass is 10.1. The van der Waals surface area contributed by atoms with Gasteiger partial charge in [0.15, 0.2) is 5.15 Å². The molecule has 3 N–H and O–H groups in total. The predicted molar refractivity (Wildman–Crippen MR) is 112 cm³/mol. The monoisotopic (exact) mass is 446 g/mol. The molecule has 8 nitrogen and oxygen atoms in total. The number of amidine groups is 1. The minimum Gasteiger partial charge on any atom is -0.392 e. The van der Waals surface area contributed by atoms with Gasteiger partial charge in [-0.1, -0.05) is 11.6 Å². The Labute approximate surface area is 180 Å². The van der Waals surface area contributed by atoms with Gasteiger partial charge in [-0.15, -0.1) is 0 Å². The number of rotatable bonds is 3. The average molecular weight is 447 g/mol. The Morgan fingerprint density at radius 2 is 1.90 bits per heavy atom. The first kappa shape index (κ1) is 19.9. The highest BCUT2D eigenvalue weighted by Gasteiger charge is 2.27. The Bertz CT molecular complexity index is 1170. The van der Waals surface area contributed by atoms with E-state index in [9.17, 15) is 13.9 Å². The Morgan fingerprint density at radius 3 is 2.61 bits per heavy atom. The first-order chi connectivity index (χ1) is 15.0. The maximum atomic E-state index is 14.7. The first-order valence-electron chi connectivity index (χ1n) is 9.57. The van der Waals surface area contributed by atoms with Crippen LogP contribution in [0.4, 0.5) is 26.0 Å². The molecule has 0 aliphatic carbocycles. The Kier molecular flexibility index (Phi) is 5.05. The largest absolute Gasteiger partial charge is 0.392 e. The van der Waals surface area contributed by atoms with Gasteiger partial charge in [0.2, 0.25) is 0 Å². The normalized spacial score (nSPS) is 15.6. The molecule has 1 fully saturated rings. The number of aliphatic imine (C=N–C) groups is 1. The minimum absolute atomic E-state index is 0.0799. The molecule has 0 atom stereocenters. The van der Waals surface area contributed by atoms with Crippen molar-refractivity contribution in [3.05, 3.63) is 52.3 Å². The lowest BCUT2D eigenvalue weighted by Crippen LogP contribution is -2.36. The third kappa shape index (κ3) is 3.52. The number of aliphatic hydroxyl groups excluding tert-OH is 1. The number of anilines is 2. The van der Waals surface area contributed by atoms with E-state index in [1.165, 1.54) is 0 Å². The van der Waals surface area contributed by atoms with E-state index in [0.717, 1.165) is 18.0 Å². The average Bonchev–Trinajstić information content (AvgIpc) is 3.05. The maximum absolute atomic E-state index is 14.7. The van der Waals surface area contributed by atoms with Crippen LogP contribution in [0.1, 0.15) is 11.1 Å². The van der Waals surface area contributed by atoms with E-state index in [1.807, 2.05) is 6.07 Å². The second-order valence-corrected chi connectivity index (χ2v) is 7.48. The van der Waals surface area contributed by atoms with Crippen molar-refractivity contribution >= 4 is 34.6 Å². The van der Waals surface area contributed by atoms with Crippen LogP contribution in [0.5, 0.6) is 0 Å². The number of hydrogen-bond acceptors (Lipinski definition) is 7. The number of morpholine rings is 1. The molecule has 0 amide bonds. The number of aromatic amines is 1. The van der Waals surface area contributed by atoms with Crippen LogP contribution in [0, 0.1) is 11.6 Å². The van der Waals surface area contributed by atoms with Gasteiger partial charge in [0.05, 0.1) is 37.3 Å². The summed E-state index contributed by atoms with van der Waals surface area (Å²) in [6, 6.07) is 3.96. The predicted octanol–water partition coefficient (Wildman–Crippen LogP) is 3.24. The molecular weight excluding hydrogens is 430 g/mol. The molecule has 31 heavy (non-hydrogen) atoms. The Morgan fingerprint density at radius 1 is 1.16 bits per heavy atom. The molecule has 160 valence electrons. The van der Waals surface area contributed by atoms with E-state index in [0.29, 0.717) is 43.2 Å². The molecule has 2 aliphatic rings. The summed E-state index contributed by atoms with van der Waals surface area (Å²) < 4.78 is 34.9. The summed E-state index contributed by atoms with van der Waals surface area (Å²) in [5.41, 5.74) is 1.56. The number of hydrogen-bond donors (Lipinski definition) is 3. The molecule has 0 saturated carbocycles. The molecule has 1 saturated heterocycles. The smallest absolute Gasteiger partial charge is 0.150 e. The summed E-state index contributed by atoms with van der Waals surface area (Å²) in [6.45, 7) is 2.12. The number of halogens is 3. The number of ether oxygens (including phenoxy) is 1. The maximum Gasteiger partial charge on any atom is 0.150 e. The van der Waals surface area contributed by atoms with Crippen LogP contribution >= 0.6 is 11.6 Å². The van der Waals surface area contributed by atoms with Crippen molar-refractivity contribution in [1.82, 2.24) is 15.2 Å². The summed E-state index contributed by atoms with van der Waals surface area (Å²) in [5.74, 6) is -1.08. The van der Waals surface area contributed by atoms with E-state index in [-0.39, 0.29) is 27.8 Å². The van der Waals surface area contributed by atoms with Crippen molar-refractivity contribution in [3.63, 3.8) is 0 Å². The van der Waals surface area contributed by atoms with Gasteiger partial charge in [-0.3, -0.25) is 5.10 Å². The number of benzene rings is 1. The standard InChI is InChI=1S/C20H17ClF2N6O2/c21-19-18-17(27-28-19)11-7-15(29-1-3-31-4-2-29)24-8-14(11)25-20(26-18)16-12(22)5-10(9-30)6-13(16)23/h5-8,30H,1-4,9H2,(H,25,26)(H,27,28). The van der Waals surface area contributed by atoms with E-state index in [4.69, 9.17) is 16.3 Å². The Hall–Kier alpha value is -3.08. The third-order valence-corrected chi connectivity index (χ3v) is 5.44. The van der Waals surface area contributed by atoms with Crippen molar-refractivity contribution in [2.45, 2.75) is 6.61 Å². The van der Waals surface area contributed by atoms with Gasteiger partial charge >= 0.3 is 0 Å². The molecule has 1 aromatic carbocycles. The van der Waals surface area contributed by atoms with Crippen molar-refractivity contribution in [3.8, 4) is 11.3 Å². The van der Waals surface area contributed by atoms with Crippen LogP contribution in [0.15, 0.2) is 29.4 Å². The number of nitrogens with zero attached hydrogens (tertiary/aromatic N) is 4. The molecule has 4 heterocycles. The highest BCUT2D eigenvalue weighted by Crippen LogP contribution is 2.42. The molecule has 0 spiro atoms. The first-order valence-corrected chi connectivity index (χ1v) is 9.95. The third-order valence-electron chi connectivity index (χ3n) is 5.18. The summed E-state index contributed by atoms with van der Waals surface area (Å²) in [4.78, 5) is 11.0. The van der Waals surface area contributed by atoms with Crippen LogP contribution in [0.3, 0.4) is 0 Å². The highest BCUT2D eigenvalue weighted by atomic mass is 35.5. The number of fused-ring (bicyclic) bond motifs is 3. The van der Waals surface area contributed by atoms with Gasteiger partial charge in [-0.05, 0) is 23.8 Å². The van der Waals surface area contributed by atoms with Gasteiger partial charge in [-0.2, -0.15) is 5.10 Å². The topological polar surface area (TPSA) is 98.7 Å². The van der Waals surface area contributed by atoms with E-state index in [1.54, 1.807) is 6.20 Å². The van der Waals surface area contributed by atoms with E-state index in [2.05, 4.69) is 30.4 Å². The number of nitrogens with one attached hydrogen (secondary N) is 2. The second kappa shape index (κ2) is 7.88. The van der Waals surface area contributed by atoms with Gasteiger partial charge in [0.1, 0.15) is 34.7 Å². The molecule has 0 radical (unpaired) electrons. The van der Waals surface area contributed by atoms with E-state index >= 15 is 0 Å². The summed E-state index contributed by atoms with van der Waals surface area (Å²) in [7, 11) is 0. The molecule has 2 aliphatic heterocycles. The zero-order chi connectivity index (χ0) is 21.5. The second-order valence-electron chi connectivity index (χ2n) is 7.10. The summed E-state index contributed by atoms with van der Waals surface area (Å²) >= 11 is 6.25. The minimum atomic E-state index is -0.863. The van der Waals surface area contributed by atoms with Crippen molar-refractivity contribution in [2.24, 2.45) is 4.99 Å². The number of H-pyrrole nitrogens is 1. The van der Waals surface area contributed by atoms with Crippen LogP contribution in [0.2, 0.25) is 5.15 Å². The van der Waals surface area contributed by atoms with Gasteiger partial charge < -0.3 is 20.1 Å². The zero-order valence-corrected chi connectivity index (χ0v) is 16.9. The highest BCUT2D eigenvalue weighted by molar-refractivity contribution is 6.33. The lowest BCUT2D eigenvalue weighted by molar-refractivity contribution is 0.122. The molecule has 0 bridgehead atoms. The number of aliphatic hydroxyl groups is 1. The van der Waals surface area contributed by atoms with Crippen molar-refractivity contribution in [1.29, 1.82) is 0 Å². The molecular formula is C20H17ClF2N6O2. The zero-order valence-electron chi connectivity index (χ0n) is 16.1. The molecule has 5 rings (SSSR count). The van der Waals surface area contributed by atoms with Crippen LogP contribution in [-0.4, -0.2) is 52.4 Å². The lowest BCUT2D eigenvalue weighted by Gasteiger charge is -2.28. The van der Waals surface area contributed by atoms with E-state index < -0.39 is 18.2 Å². The van der Waals surface area contributed by atoms with Gasteiger partial charge in [0.25, 0.3) is 0 Å². The van der Waals surface area contributed by atoms with Crippen molar-refractivity contribution in [2.75, 3.05) is 36.5 Å².